The fourth-order valence-corrected chi connectivity index (χ4v) is 2.16. The number of aromatic nitrogens is 1. The van der Waals surface area contributed by atoms with Gasteiger partial charge in [0, 0.05) is 17.6 Å². The fraction of sp³-hybridized carbons (Fsp3) is 0.250. The number of halogens is 2. The predicted octanol–water partition coefficient (Wildman–Crippen LogP) is 3.48. The summed E-state index contributed by atoms with van der Waals surface area (Å²) in [4.78, 5) is 11.8. The second-order valence-electron chi connectivity index (χ2n) is 3.97. The summed E-state index contributed by atoms with van der Waals surface area (Å²) in [6.07, 6.45) is 1.74. The van der Waals surface area contributed by atoms with Gasteiger partial charge in [-0.2, -0.15) is 0 Å². The van der Waals surface area contributed by atoms with E-state index in [0.717, 1.165) is 5.52 Å². The molecular weight excluding hydrogens is 273 g/mol. The van der Waals surface area contributed by atoms with Crippen LogP contribution in [0.15, 0.2) is 33.7 Å². The first-order valence-corrected chi connectivity index (χ1v) is 5.80. The minimum absolute atomic E-state index is 0.175. The third-order valence-electron chi connectivity index (χ3n) is 2.51. The van der Waals surface area contributed by atoms with Gasteiger partial charge in [-0.05, 0) is 48.0 Å². The standard InChI is InChI=1S/C12H11BrFNO/c1-7(2)15-6-10(13)12(16)9-5-8(14)3-4-11(9)15/h3-7H,1-2H3. The largest absolute Gasteiger partial charge is 0.344 e. The van der Waals surface area contributed by atoms with Crippen molar-refractivity contribution in [2.24, 2.45) is 0 Å². The first kappa shape index (κ1) is 11.3. The van der Waals surface area contributed by atoms with Crippen LogP contribution in [0.3, 0.4) is 0 Å². The zero-order chi connectivity index (χ0) is 11.9. The molecule has 1 aromatic carbocycles. The van der Waals surface area contributed by atoms with Crippen LogP contribution in [0.5, 0.6) is 0 Å². The number of pyridine rings is 1. The van der Waals surface area contributed by atoms with Gasteiger partial charge in [0.2, 0.25) is 5.43 Å². The van der Waals surface area contributed by atoms with Crippen LogP contribution in [0.1, 0.15) is 19.9 Å². The zero-order valence-electron chi connectivity index (χ0n) is 9.00. The molecule has 0 atom stereocenters. The summed E-state index contributed by atoms with van der Waals surface area (Å²) in [6, 6.07) is 4.50. The van der Waals surface area contributed by atoms with Crippen LogP contribution < -0.4 is 5.43 Å². The number of nitrogens with zero attached hydrogens (tertiary/aromatic N) is 1. The third kappa shape index (κ3) is 1.78. The average molecular weight is 284 g/mol. The van der Waals surface area contributed by atoms with Crippen LogP contribution >= 0.6 is 15.9 Å². The van der Waals surface area contributed by atoms with Gasteiger partial charge in [0.1, 0.15) is 5.82 Å². The van der Waals surface area contributed by atoms with Crippen molar-refractivity contribution in [1.29, 1.82) is 0 Å². The topological polar surface area (TPSA) is 22.0 Å². The molecule has 1 heterocycles. The van der Waals surface area contributed by atoms with Crippen molar-refractivity contribution in [3.05, 3.63) is 44.9 Å². The van der Waals surface area contributed by atoms with Crippen LogP contribution in [-0.4, -0.2) is 4.57 Å². The molecule has 0 aliphatic rings. The van der Waals surface area contributed by atoms with E-state index >= 15 is 0 Å². The Morgan fingerprint density at radius 3 is 2.69 bits per heavy atom. The lowest BCUT2D eigenvalue weighted by Gasteiger charge is -2.15. The highest BCUT2D eigenvalue weighted by Crippen LogP contribution is 2.19. The Bertz CT molecular complexity index is 604. The maximum absolute atomic E-state index is 13.1. The first-order chi connectivity index (χ1) is 7.50. The molecule has 2 nitrogen and oxygen atoms in total. The van der Waals surface area contributed by atoms with Gasteiger partial charge in [-0.15, -0.1) is 0 Å². The molecule has 2 aromatic rings. The molecule has 16 heavy (non-hydrogen) atoms. The van der Waals surface area contributed by atoms with Crippen LogP contribution in [-0.2, 0) is 0 Å². The van der Waals surface area contributed by atoms with E-state index in [-0.39, 0.29) is 11.5 Å². The lowest BCUT2D eigenvalue weighted by molar-refractivity contribution is 0.611. The van der Waals surface area contributed by atoms with Crippen molar-refractivity contribution >= 4 is 26.8 Å². The van der Waals surface area contributed by atoms with Crippen molar-refractivity contribution in [3.8, 4) is 0 Å². The normalized spacial score (nSPS) is 11.3. The number of hydrogen-bond acceptors (Lipinski definition) is 1. The Morgan fingerprint density at radius 1 is 1.38 bits per heavy atom. The minimum Gasteiger partial charge on any atom is -0.344 e. The van der Waals surface area contributed by atoms with Gasteiger partial charge < -0.3 is 4.57 Å². The molecule has 0 aliphatic heterocycles. The third-order valence-corrected chi connectivity index (χ3v) is 3.07. The molecule has 4 heteroatoms. The van der Waals surface area contributed by atoms with Gasteiger partial charge in [-0.25, -0.2) is 4.39 Å². The molecular formula is C12H11BrFNO. The summed E-state index contributed by atoms with van der Waals surface area (Å²) in [5.41, 5.74) is 0.580. The molecule has 1 aromatic heterocycles. The second kappa shape index (κ2) is 4.01. The summed E-state index contributed by atoms with van der Waals surface area (Å²) in [7, 11) is 0. The highest BCUT2D eigenvalue weighted by atomic mass is 79.9. The Hall–Kier alpha value is -1.16. The summed E-state index contributed by atoms with van der Waals surface area (Å²) in [6.45, 7) is 4.03. The summed E-state index contributed by atoms with van der Waals surface area (Å²) >= 11 is 3.20. The van der Waals surface area contributed by atoms with Crippen LogP contribution in [0.4, 0.5) is 4.39 Å². The Labute approximate surface area is 101 Å². The molecule has 0 spiro atoms. The van der Waals surface area contributed by atoms with E-state index in [0.29, 0.717) is 9.86 Å². The van der Waals surface area contributed by atoms with Crippen LogP contribution in [0.2, 0.25) is 0 Å². The van der Waals surface area contributed by atoms with E-state index in [9.17, 15) is 9.18 Å². The van der Waals surface area contributed by atoms with Gasteiger partial charge in [-0.1, -0.05) is 0 Å². The van der Waals surface area contributed by atoms with Gasteiger partial charge in [-0.3, -0.25) is 4.79 Å². The van der Waals surface area contributed by atoms with Gasteiger partial charge >= 0.3 is 0 Å². The Balaban J connectivity index is 2.95. The van der Waals surface area contributed by atoms with E-state index in [1.807, 2.05) is 18.4 Å². The number of benzene rings is 1. The van der Waals surface area contributed by atoms with Gasteiger partial charge in [0.05, 0.1) is 9.99 Å². The zero-order valence-corrected chi connectivity index (χ0v) is 10.6. The van der Waals surface area contributed by atoms with Crippen LogP contribution in [0.25, 0.3) is 10.9 Å². The predicted molar refractivity (Wildman–Crippen MR) is 66.3 cm³/mol. The lowest BCUT2D eigenvalue weighted by Crippen LogP contribution is -2.12. The summed E-state index contributed by atoms with van der Waals surface area (Å²) < 4.78 is 15.5. The SMILES string of the molecule is CC(C)n1cc(Br)c(=O)c2cc(F)ccc21. The average Bonchev–Trinajstić information content (AvgIpc) is 2.23. The highest BCUT2D eigenvalue weighted by Gasteiger charge is 2.09. The van der Waals surface area contributed by atoms with Crippen LogP contribution in [0, 0.1) is 5.82 Å². The van der Waals surface area contributed by atoms with E-state index in [1.165, 1.54) is 12.1 Å². The van der Waals surface area contributed by atoms with Crippen molar-refractivity contribution in [2.45, 2.75) is 19.9 Å². The molecule has 0 unspecified atom stereocenters. The summed E-state index contributed by atoms with van der Waals surface area (Å²) in [5.74, 6) is -0.391. The molecule has 0 bridgehead atoms. The van der Waals surface area contributed by atoms with E-state index in [2.05, 4.69) is 15.9 Å². The Kier molecular flexibility index (Phi) is 2.84. The number of fused-ring (bicyclic) bond motifs is 1. The monoisotopic (exact) mass is 283 g/mol. The van der Waals surface area contributed by atoms with Crippen molar-refractivity contribution in [2.75, 3.05) is 0 Å². The maximum atomic E-state index is 13.1. The molecule has 2 rings (SSSR count). The molecule has 84 valence electrons. The molecule has 0 radical (unpaired) electrons. The second-order valence-corrected chi connectivity index (χ2v) is 4.82. The minimum atomic E-state index is -0.391. The smallest absolute Gasteiger partial charge is 0.203 e. The Morgan fingerprint density at radius 2 is 2.06 bits per heavy atom. The number of hydrogen-bond donors (Lipinski definition) is 0. The van der Waals surface area contributed by atoms with Gasteiger partial charge in [0.15, 0.2) is 0 Å². The van der Waals surface area contributed by atoms with Crippen molar-refractivity contribution < 1.29 is 4.39 Å². The first-order valence-electron chi connectivity index (χ1n) is 5.00. The van der Waals surface area contributed by atoms with Crippen molar-refractivity contribution in [3.63, 3.8) is 0 Å². The van der Waals surface area contributed by atoms with E-state index < -0.39 is 5.82 Å². The molecule has 0 saturated carbocycles. The maximum Gasteiger partial charge on any atom is 0.203 e. The highest BCUT2D eigenvalue weighted by molar-refractivity contribution is 9.10. The molecule has 0 aliphatic carbocycles. The van der Waals surface area contributed by atoms with E-state index in [1.54, 1.807) is 12.3 Å². The summed E-state index contributed by atoms with van der Waals surface area (Å²) in [5, 5.41) is 0.406. The molecule has 0 fully saturated rings. The molecule has 0 amide bonds. The molecule has 0 N–H and O–H groups in total. The quantitative estimate of drug-likeness (QED) is 0.785. The van der Waals surface area contributed by atoms with Crippen molar-refractivity contribution in [1.82, 2.24) is 4.57 Å². The fourth-order valence-electron chi connectivity index (χ4n) is 1.72. The van der Waals surface area contributed by atoms with Gasteiger partial charge in [0.25, 0.3) is 0 Å². The van der Waals surface area contributed by atoms with E-state index in [4.69, 9.17) is 0 Å². The lowest BCUT2D eigenvalue weighted by atomic mass is 10.2. The molecule has 0 saturated heterocycles. The number of rotatable bonds is 1.